The van der Waals surface area contributed by atoms with Gasteiger partial charge in [-0.15, -0.1) is 0 Å². The van der Waals surface area contributed by atoms with Gasteiger partial charge in [-0.05, 0) is 49.8 Å². The number of ketones is 1. The van der Waals surface area contributed by atoms with Gasteiger partial charge in [-0.25, -0.2) is 9.18 Å². The molecule has 2 atom stereocenters. The van der Waals surface area contributed by atoms with Gasteiger partial charge in [0.05, 0.1) is 5.56 Å². The first-order chi connectivity index (χ1) is 13.6. The van der Waals surface area contributed by atoms with Crippen molar-refractivity contribution in [3.63, 3.8) is 0 Å². The third-order valence-electron chi connectivity index (χ3n) is 5.90. The Labute approximate surface area is 164 Å². The predicted molar refractivity (Wildman–Crippen MR) is 103 cm³/mol. The lowest BCUT2D eigenvalue weighted by Gasteiger charge is -2.47. The number of carbonyl (C=O) groups is 2. The van der Waals surface area contributed by atoms with Crippen molar-refractivity contribution in [2.45, 2.75) is 50.8 Å². The minimum atomic E-state index is -0.470. The highest BCUT2D eigenvalue weighted by Crippen LogP contribution is 2.39. The fraction of sp³-hybridized carbons (Fsp3) is 0.391. The van der Waals surface area contributed by atoms with Crippen molar-refractivity contribution in [3.8, 4) is 0 Å². The van der Waals surface area contributed by atoms with Crippen LogP contribution in [0, 0.1) is 11.7 Å². The molecular weight excluding hydrogens is 357 g/mol. The Morgan fingerprint density at radius 2 is 1.61 bits per heavy atom. The van der Waals surface area contributed by atoms with Crippen LogP contribution in [-0.2, 0) is 11.3 Å². The summed E-state index contributed by atoms with van der Waals surface area (Å²) in [5.41, 5.74) is 1.11. The molecule has 0 N–H and O–H groups in total. The molecule has 2 aliphatic rings. The number of carbonyl (C=O) groups excluding carboxylic acids is 2. The molecule has 0 saturated carbocycles. The molecule has 2 heterocycles. The van der Waals surface area contributed by atoms with Gasteiger partial charge in [-0.2, -0.15) is 0 Å². The van der Waals surface area contributed by atoms with Crippen molar-refractivity contribution in [1.82, 2.24) is 4.90 Å². The Kier molecular flexibility index (Phi) is 5.42. The number of hydrogen-bond donors (Lipinski definition) is 0. The maximum Gasteiger partial charge on any atom is 0.410 e. The van der Waals surface area contributed by atoms with E-state index in [9.17, 15) is 14.0 Å². The van der Waals surface area contributed by atoms with Gasteiger partial charge in [-0.3, -0.25) is 4.79 Å². The van der Waals surface area contributed by atoms with Gasteiger partial charge >= 0.3 is 6.09 Å². The smallest absolute Gasteiger partial charge is 0.410 e. The van der Waals surface area contributed by atoms with Gasteiger partial charge < -0.3 is 9.64 Å². The summed E-state index contributed by atoms with van der Waals surface area (Å²) in [7, 11) is 0. The second-order valence-corrected chi connectivity index (χ2v) is 7.70. The monoisotopic (exact) mass is 381 g/mol. The number of piperidine rings is 2. The van der Waals surface area contributed by atoms with E-state index in [-0.39, 0.29) is 42.0 Å². The van der Waals surface area contributed by atoms with E-state index in [4.69, 9.17) is 4.74 Å². The van der Waals surface area contributed by atoms with Gasteiger partial charge in [0.2, 0.25) is 0 Å². The SMILES string of the molecule is O=C(c1ccccc1F)C1CC2CCCC(C1)N2C(=O)OCc1ccccc1. The van der Waals surface area contributed by atoms with Gasteiger partial charge in [0.1, 0.15) is 12.4 Å². The number of nitrogens with zero attached hydrogens (tertiary/aromatic N) is 1. The molecular formula is C23H24FNO3. The summed E-state index contributed by atoms with van der Waals surface area (Å²) in [5.74, 6) is -0.861. The third kappa shape index (κ3) is 3.79. The topological polar surface area (TPSA) is 46.6 Å². The lowest BCUT2D eigenvalue weighted by molar-refractivity contribution is 0.00464. The van der Waals surface area contributed by atoms with Crippen molar-refractivity contribution >= 4 is 11.9 Å². The second kappa shape index (κ2) is 8.13. The maximum atomic E-state index is 14.0. The first kappa shape index (κ1) is 18.7. The molecule has 28 heavy (non-hydrogen) atoms. The average Bonchev–Trinajstić information content (AvgIpc) is 2.71. The predicted octanol–water partition coefficient (Wildman–Crippen LogP) is 4.98. The summed E-state index contributed by atoms with van der Waals surface area (Å²) in [6.07, 6.45) is 3.60. The summed E-state index contributed by atoms with van der Waals surface area (Å²) in [6.45, 7) is 0.243. The minimum Gasteiger partial charge on any atom is -0.445 e. The Hall–Kier alpha value is -2.69. The van der Waals surface area contributed by atoms with E-state index in [1.165, 1.54) is 6.07 Å². The van der Waals surface area contributed by atoms with E-state index in [1.807, 2.05) is 35.2 Å². The van der Waals surface area contributed by atoms with E-state index < -0.39 is 5.82 Å². The van der Waals surface area contributed by atoms with Crippen molar-refractivity contribution < 1.29 is 18.7 Å². The maximum absolute atomic E-state index is 14.0. The zero-order valence-corrected chi connectivity index (χ0v) is 15.7. The highest BCUT2D eigenvalue weighted by atomic mass is 19.1. The molecule has 0 radical (unpaired) electrons. The van der Waals surface area contributed by atoms with Gasteiger partial charge in [0.25, 0.3) is 0 Å². The average molecular weight is 381 g/mol. The van der Waals surface area contributed by atoms with Crippen molar-refractivity contribution in [3.05, 3.63) is 71.5 Å². The summed E-state index contributed by atoms with van der Waals surface area (Å²) in [6, 6.07) is 15.7. The molecule has 2 bridgehead atoms. The summed E-state index contributed by atoms with van der Waals surface area (Å²) >= 11 is 0. The molecule has 0 aromatic heterocycles. The lowest BCUT2D eigenvalue weighted by atomic mass is 9.76. The third-order valence-corrected chi connectivity index (χ3v) is 5.90. The van der Waals surface area contributed by atoms with E-state index in [2.05, 4.69) is 0 Å². The van der Waals surface area contributed by atoms with E-state index in [0.717, 1.165) is 24.8 Å². The standard InChI is InChI=1S/C23H24FNO3/c24-21-12-5-4-11-20(21)22(26)17-13-18-9-6-10-19(14-17)25(18)23(27)28-15-16-7-2-1-3-8-16/h1-5,7-8,11-12,17-19H,6,9-10,13-15H2. The lowest BCUT2D eigenvalue weighted by Crippen LogP contribution is -2.55. The molecule has 5 heteroatoms. The Morgan fingerprint density at radius 1 is 0.964 bits per heavy atom. The largest absolute Gasteiger partial charge is 0.445 e. The summed E-state index contributed by atoms with van der Waals surface area (Å²) in [4.78, 5) is 27.4. The van der Waals surface area contributed by atoms with Crippen LogP contribution in [0.1, 0.15) is 48.0 Å². The molecule has 2 aromatic rings. The van der Waals surface area contributed by atoms with Crippen LogP contribution in [-0.4, -0.2) is 28.9 Å². The van der Waals surface area contributed by atoms with Gasteiger partial charge in [-0.1, -0.05) is 42.5 Å². The van der Waals surface area contributed by atoms with Gasteiger partial charge in [0, 0.05) is 18.0 Å². The minimum absolute atomic E-state index is 0.0171. The van der Waals surface area contributed by atoms with E-state index >= 15 is 0 Å². The van der Waals surface area contributed by atoms with Gasteiger partial charge in [0.15, 0.2) is 5.78 Å². The molecule has 2 aromatic carbocycles. The highest BCUT2D eigenvalue weighted by molar-refractivity contribution is 5.98. The highest BCUT2D eigenvalue weighted by Gasteiger charge is 2.44. The molecule has 2 saturated heterocycles. The first-order valence-electron chi connectivity index (χ1n) is 9.91. The number of rotatable bonds is 4. The summed E-state index contributed by atoms with van der Waals surface area (Å²) < 4.78 is 19.6. The zero-order valence-electron chi connectivity index (χ0n) is 15.7. The van der Waals surface area contributed by atoms with Crippen LogP contribution in [0.5, 0.6) is 0 Å². The molecule has 4 rings (SSSR count). The van der Waals surface area contributed by atoms with Crippen LogP contribution < -0.4 is 0 Å². The number of fused-ring (bicyclic) bond motifs is 2. The Morgan fingerprint density at radius 3 is 2.29 bits per heavy atom. The van der Waals surface area contributed by atoms with Crippen molar-refractivity contribution in [2.24, 2.45) is 5.92 Å². The Bertz CT molecular complexity index is 840. The molecule has 0 aliphatic carbocycles. The first-order valence-corrected chi connectivity index (χ1v) is 9.91. The Balaban J connectivity index is 1.44. The van der Waals surface area contributed by atoms with Crippen LogP contribution >= 0.6 is 0 Å². The van der Waals surface area contributed by atoms with Crippen molar-refractivity contribution in [2.75, 3.05) is 0 Å². The zero-order chi connectivity index (χ0) is 19.5. The molecule has 1 amide bonds. The number of Topliss-reactive ketones (excluding diaryl/α,β-unsaturated/α-hetero) is 1. The van der Waals surface area contributed by atoms with Crippen LogP contribution in [0.3, 0.4) is 0 Å². The van der Waals surface area contributed by atoms with Crippen LogP contribution in [0.15, 0.2) is 54.6 Å². The fourth-order valence-corrected chi connectivity index (χ4v) is 4.57. The molecule has 2 unspecified atom stereocenters. The van der Waals surface area contributed by atoms with Crippen LogP contribution in [0.25, 0.3) is 0 Å². The normalized spacial score (nSPS) is 23.9. The quantitative estimate of drug-likeness (QED) is 0.702. The molecule has 2 fully saturated rings. The van der Waals surface area contributed by atoms with Crippen LogP contribution in [0.2, 0.25) is 0 Å². The van der Waals surface area contributed by atoms with E-state index in [0.29, 0.717) is 12.8 Å². The second-order valence-electron chi connectivity index (χ2n) is 7.70. The summed E-state index contributed by atoms with van der Waals surface area (Å²) in [5, 5.41) is 0. The molecule has 146 valence electrons. The van der Waals surface area contributed by atoms with E-state index in [1.54, 1.807) is 18.2 Å². The number of benzene rings is 2. The number of halogens is 1. The number of amides is 1. The molecule has 4 nitrogen and oxygen atoms in total. The number of hydrogen-bond acceptors (Lipinski definition) is 3. The fourth-order valence-electron chi connectivity index (χ4n) is 4.57. The van der Waals surface area contributed by atoms with Crippen LogP contribution in [0.4, 0.5) is 9.18 Å². The van der Waals surface area contributed by atoms with Crippen molar-refractivity contribution in [1.29, 1.82) is 0 Å². The molecule has 0 spiro atoms. The molecule has 2 aliphatic heterocycles. The number of ether oxygens (including phenoxy) is 1.